The quantitative estimate of drug-likeness (QED) is 0.885. The predicted octanol–water partition coefficient (Wildman–Crippen LogP) is 3.60. The summed E-state index contributed by atoms with van der Waals surface area (Å²) in [6, 6.07) is 17.4. The van der Waals surface area contributed by atoms with Crippen molar-refractivity contribution in [2.45, 2.75) is 31.6 Å². The summed E-state index contributed by atoms with van der Waals surface area (Å²) in [6.07, 6.45) is -0.586. The molecular weight excluding hydrogens is 296 g/mol. The second-order valence-corrected chi connectivity index (χ2v) is 7.84. The lowest BCUT2D eigenvalue weighted by molar-refractivity contribution is 0.169. The van der Waals surface area contributed by atoms with E-state index in [1.807, 2.05) is 42.5 Å². The van der Waals surface area contributed by atoms with Crippen molar-refractivity contribution in [3.63, 3.8) is 0 Å². The molecule has 22 heavy (non-hydrogen) atoms. The van der Waals surface area contributed by atoms with Crippen LogP contribution in [0.2, 0.25) is 0 Å². The average Bonchev–Trinajstić information content (AvgIpc) is 2.56. The Balaban J connectivity index is 2.26. The van der Waals surface area contributed by atoms with Gasteiger partial charge in [-0.1, -0.05) is 68.4 Å². The van der Waals surface area contributed by atoms with Crippen LogP contribution in [0.1, 0.15) is 31.9 Å². The van der Waals surface area contributed by atoms with Gasteiger partial charge in [0.25, 0.3) is 0 Å². The number of hydrogen-bond acceptors (Lipinski definition) is 3. The van der Waals surface area contributed by atoms with E-state index >= 15 is 0 Å². The van der Waals surface area contributed by atoms with E-state index in [1.54, 1.807) is 26.0 Å². The molecule has 2 aromatic rings. The summed E-state index contributed by atoms with van der Waals surface area (Å²) in [4.78, 5) is 0. The maximum Gasteiger partial charge on any atom is 0.155 e. The zero-order valence-corrected chi connectivity index (χ0v) is 13.8. The zero-order valence-electron chi connectivity index (χ0n) is 12.9. The molecule has 0 bridgehead atoms. The van der Waals surface area contributed by atoms with Gasteiger partial charge in [-0.2, -0.15) is 0 Å². The highest BCUT2D eigenvalue weighted by Gasteiger charge is 2.30. The van der Waals surface area contributed by atoms with Crippen molar-refractivity contribution < 1.29 is 13.5 Å². The van der Waals surface area contributed by atoms with Crippen LogP contribution in [0.25, 0.3) is 11.1 Å². The van der Waals surface area contributed by atoms with Crippen LogP contribution in [-0.4, -0.2) is 24.5 Å². The first-order chi connectivity index (χ1) is 10.5. The zero-order chi connectivity index (χ0) is 16.2. The highest BCUT2D eigenvalue weighted by Crippen LogP contribution is 2.27. The summed E-state index contributed by atoms with van der Waals surface area (Å²) in [7, 11) is -3.27. The van der Waals surface area contributed by atoms with Crippen molar-refractivity contribution in [3.8, 4) is 11.1 Å². The molecule has 0 unspecified atom stereocenters. The fraction of sp³-hybridized carbons (Fsp3) is 0.333. The van der Waals surface area contributed by atoms with Crippen molar-refractivity contribution >= 4 is 9.84 Å². The molecule has 118 valence electrons. The van der Waals surface area contributed by atoms with E-state index in [-0.39, 0.29) is 5.75 Å². The van der Waals surface area contributed by atoms with E-state index in [9.17, 15) is 13.5 Å². The van der Waals surface area contributed by atoms with Gasteiger partial charge in [0.2, 0.25) is 0 Å². The van der Waals surface area contributed by atoms with Crippen LogP contribution < -0.4 is 0 Å². The molecule has 2 aromatic carbocycles. The molecule has 0 aliphatic carbocycles. The van der Waals surface area contributed by atoms with Crippen LogP contribution in [0.15, 0.2) is 54.6 Å². The topological polar surface area (TPSA) is 54.4 Å². The van der Waals surface area contributed by atoms with Crippen molar-refractivity contribution in [1.82, 2.24) is 0 Å². The minimum absolute atomic E-state index is 0.0463. The van der Waals surface area contributed by atoms with Crippen LogP contribution >= 0.6 is 0 Å². The summed E-state index contributed by atoms with van der Waals surface area (Å²) < 4.78 is 24.1. The van der Waals surface area contributed by atoms with E-state index < -0.39 is 21.2 Å². The maximum absolute atomic E-state index is 12.1. The van der Waals surface area contributed by atoms with E-state index in [2.05, 4.69) is 0 Å². The van der Waals surface area contributed by atoms with Crippen molar-refractivity contribution in [2.24, 2.45) is 0 Å². The number of benzene rings is 2. The standard InChI is InChI=1S/C18H22O3S/c1-3-17(22(20,21)4-2)18(19)16-12-10-15(11-13-16)14-8-6-5-7-9-14/h5-13,17-19H,3-4H2,1-2H3/t17-,18-/m1/s1. The number of hydrogen-bond donors (Lipinski definition) is 1. The van der Waals surface area contributed by atoms with Gasteiger partial charge in [-0.05, 0) is 23.1 Å². The number of sulfone groups is 1. The third kappa shape index (κ3) is 3.57. The molecule has 2 rings (SSSR count). The van der Waals surface area contributed by atoms with Gasteiger partial charge < -0.3 is 5.11 Å². The van der Waals surface area contributed by atoms with Gasteiger partial charge in [0.15, 0.2) is 9.84 Å². The molecule has 2 atom stereocenters. The lowest BCUT2D eigenvalue weighted by Gasteiger charge is -2.21. The highest BCUT2D eigenvalue weighted by molar-refractivity contribution is 7.92. The summed E-state index contributed by atoms with van der Waals surface area (Å²) in [5.41, 5.74) is 2.78. The van der Waals surface area contributed by atoms with E-state index in [1.165, 1.54) is 0 Å². The van der Waals surface area contributed by atoms with Crippen molar-refractivity contribution in [3.05, 3.63) is 60.2 Å². The molecule has 0 saturated carbocycles. The van der Waals surface area contributed by atoms with Crippen LogP contribution in [0.4, 0.5) is 0 Å². The van der Waals surface area contributed by atoms with Crippen LogP contribution in [0.3, 0.4) is 0 Å². The Hall–Kier alpha value is -1.65. The van der Waals surface area contributed by atoms with Crippen molar-refractivity contribution in [1.29, 1.82) is 0 Å². The van der Waals surface area contributed by atoms with E-state index in [4.69, 9.17) is 0 Å². The van der Waals surface area contributed by atoms with Gasteiger partial charge in [-0.25, -0.2) is 8.42 Å². The summed E-state index contributed by atoms with van der Waals surface area (Å²) in [5, 5.41) is 9.68. The monoisotopic (exact) mass is 318 g/mol. The first kappa shape index (κ1) is 16.7. The molecule has 0 fully saturated rings. The normalized spacial score (nSPS) is 14.5. The number of rotatable bonds is 6. The molecule has 0 radical (unpaired) electrons. The highest BCUT2D eigenvalue weighted by atomic mass is 32.2. The Kier molecular flexibility index (Phi) is 5.37. The number of aliphatic hydroxyl groups is 1. The molecular formula is C18H22O3S. The summed E-state index contributed by atoms with van der Waals surface area (Å²) in [5.74, 6) is 0.0463. The predicted molar refractivity (Wildman–Crippen MR) is 90.4 cm³/mol. The lowest BCUT2D eigenvalue weighted by Crippen LogP contribution is -2.29. The second kappa shape index (κ2) is 7.07. The minimum atomic E-state index is -3.27. The van der Waals surface area contributed by atoms with Gasteiger partial charge in [0, 0.05) is 5.75 Å². The molecule has 0 aliphatic heterocycles. The Morgan fingerprint density at radius 2 is 1.45 bits per heavy atom. The lowest BCUT2D eigenvalue weighted by atomic mass is 10.00. The van der Waals surface area contributed by atoms with E-state index in [0.29, 0.717) is 12.0 Å². The Morgan fingerprint density at radius 1 is 0.909 bits per heavy atom. The first-order valence-corrected chi connectivity index (χ1v) is 9.26. The van der Waals surface area contributed by atoms with Crippen LogP contribution in [-0.2, 0) is 9.84 Å². The van der Waals surface area contributed by atoms with Gasteiger partial charge in [0.05, 0.1) is 11.4 Å². The fourth-order valence-electron chi connectivity index (χ4n) is 2.61. The summed E-state index contributed by atoms with van der Waals surface area (Å²) in [6.45, 7) is 3.41. The van der Waals surface area contributed by atoms with E-state index in [0.717, 1.165) is 11.1 Å². The molecule has 0 heterocycles. The molecule has 3 nitrogen and oxygen atoms in total. The minimum Gasteiger partial charge on any atom is -0.387 e. The third-order valence-corrected chi connectivity index (χ3v) is 6.30. The summed E-state index contributed by atoms with van der Waals surface area (Å²) >= 11 is 0. The fourth-order valence-corrected chi connectivity index (χ4v) is 4.09. The van der Waals surface area contributed by atoms with Crippen molar-refractivity contribution in [2.75, 3.05) is 5.75 Å². The van der Waals surface area contributed by atoms with Crippen LogP contribution in [0.5, 0.6) is 0 Å². The Bertz CT molecular complexity index is 691. The molecule has 0 aliphatic rings. The molecule has 0 spiro atoms. The second-order valence-electron chi connectivity index (χ2n) is 5.33. The molecule has 1 N–H and O–H groups in total. The SMILES string of the molecule is CC[C@H]([C@H](O)c1ccc(-c2ccccc2)cc1)S(=O)(=O)CC. The molecule has 4 heteroatoms. The van der Waals surface area contributed by atoms with Gasteiger partial charge in [-0.15, -0.1) is 0 Å². The third-order valence-electron chi connectivity index (χ3n) is 3.98. The van der Waals surface area contributed by atoms with Crippen LogP contribution in [0, 0.1) is 0 Å². The first-order valence-electron chi connectivity index (χ1n) is 7.54. The van der Waals surface area contributed by atoms with Gasteiger partial charge in [-0.3, -0.25) is 0 Å². The van der Waals surface area contributed by atoms with Gasteiger partial charge in [0.1, 0.15) is 0 Å². The maximum atomic E-state index is 12.1. The average molecular weight is 318 g/mol. The molecule has 0 saturated heterocycles. The molecule has 0 aromatic heterocycles. The molecule has 0 amide bonds. The Labute approximate surface area is 132 Å². The smallest absolute Gasteiger partial charge is 0.155 e. The Morgan fingerprint density at radius 3 is 1.95 bits per heavy atom. The number of aliphatic hydroxyl groups excluding tert-OH is 1. The largest absolute Gasteiger partial charge is 0.387 e. The van der Waals surface area contributed by atoms with Gasteiger partial charge >= 0.3 is 0 Å².